The van der Waals surface area contributed by atoms with E-state index in [2.05, 4.69) is 0 Å². The fraction of sp³-hybridized carbons (Fsp3) is 0.0909. The highest BCUT2D eigenvalue weighted by Gasteiger charge is 2.18. The van der Waals surface area contributed by atoms with Crippen LogP contribution in [-0.2, 0) is 0 Å². The average Bonchev–Trinajstić information content (AvgIpc) is 2.75. The fourth-order valence-corrected chi connectivity index (χ4v) is 2.48. The lowest BCUT2D eigenvalue weighted by molar-refractivity contribution is 0.404. The van der Waals surface area contributed by atoms with Crippen molar-refractivity contribution in [2.24, 2.45) is 0 Å². The summed E-state index contributed by atoms with van der Waals surface area (Å²) in [6.07, 6.45) is 0. The van der Waals surface area contributed by atoms with Gasteiger partial charge in [-0.05, 0) is 60.7 Å². The second-order valence-corrected chi connectivity index (χ2v) is 5.59. The van der Waals surface area contributed by atoms with Gasteiger partial charge in [0.2, 0.25) is 0 Å². The van der Waals surface area contributed by atoms with E-state index in [0.717, 1.165) is 0 Å². The van der Waals surface area contributed by atoms with Crippen LogP contribution in [0.15, 0.2) is 60.7 Å². The average molecular weight is 372 g/mol. The van der Waals surface area contributed by atoms with E-state index in [1.54, 1.807) is 68.8 Å². The Hall–Kier alpha value is -4.16. The SMILES string of the molecule is COc1ccc(Oc2ccc(C#N)c(C#N)c2Oc2ccc(OC)cc2)cc1. The third-order valence-electron chi connectivity index (χ3n) is 3.92. The van der Waals surface area contributed by atoms with E-state index < -0.39 is 0 Å². The van der Waals surface area contributed by atoms with Crippen molar-refractivity contribution < 1.29 is 18.9 Å². The monoisotopic (exact) mass is 372 g/mol. The van der Waals surface area contributed by atoms with E-state index in [0.29, 0.717) is 28.7 Å². The Morgan fingerprint density at radius 3 is 1.57 bits per heavy atom. The fourth-order valence-electron chi connectivity index (χ4n) is 2.48. The summed E-state index contributed by atoms with van der Waals surface area (Å²) in [6.45, 7) is 0. The van der Waals surface area contributed by atoms with Crippen molar-refractivity contribution in [1.82, 2.24) is 0 Å². The Labute approximate surface area is 162 Å². The topological polar surface area (TPSA) is 84.5 Å². The van der Waals surface area contributed by atoms with Crippen LogP contribution >= 0.6 is 0 Å². The summed E-state index contributed by atoms with van der Waals surface area (Å²) in [4.78, 5) is 0. The number of ether oxygens (including phenoxy) is 4. The molecule has 138 valence electrons. The molecule has 28 heavy (non-hydrogen) atoms. The first-order valence-electron chi connectivity index (χ1n) is 8.29. The summed E-state index contributed by atoms with van der Waals surface area (Å²) in [5.41, 5.74) is 0.303. The van der Waals surface area contributed by atoms with Crippen molar-refractivity contribution in [1.29, 1.82) is 10.5 Å². The number of methoxy groups -OCH3 is 2. The van der Waals surface area contributed by atoms with Crippen molar-refractivity contribution in [2.45, 2.75) is 0 Å². The van der Waals surface area contributed by atoms with Crippen LogP contribution in [0.1, 0.15) is 11.1 Å². The Kier molecular flexibility index (Phi) is 5.64. The molecule has 0 heterocycles. The molecule has 0 N–H and O–H groups in total. The molecule has 0 fully saturated rings. The maximum Gasteiger partial charge on any atom is 0.189 e. The standard InChI is InChI=1S/C22H16N2O4/c1-25-16-4-8-18(9-5-16)27-21-12-3-15(13-23)20(14-24)22(21)28-19-10-6-17(26-2)7-11-19/h3-12H,1-2H3. The first kappa shape index (κ1) is 18.6. The molecule has 0 aliphatic rings. The zero-order chi connectivity index (χ0) is 19.9. The number of benzene rings is 3. The quantitative estimate of drug-likeness (QED) is 0.603. The van der Waals surface area contributed by atoms with Gasteiger partial charge in [-0.15, -0.1) is 0 Å². The van der Waals surface area contributed by atoms with Gasteiger partial charge in [0.25, 0.3) is 0 Å². The highest BCUT2D eigenvalue weighted by molar-refractivity contribution is 5.62. The Bertz CT molecular complexity index is 1050. The first-order valence-corrected chi connectivity index (χ1v) is 8.29. The predicted octanol–water partition coefficient (Wildman–Crippen LogP) is 5.03. The summed E-state index contributed by atoms with van der Waals surface area (Å²) < 4.78 is 22.1. The Morgan fingerprint density at radius 1 is 0.607 bits per heavy atom. The number of hydrogen-bond acceptors (Lipinski definition) is 6. The molecule has 0 saturated heterocycles. The minimum atomic E-state index is 0.101. The molecule has 0 amide bonds. The summed E-state index contributed by atoms with van der Waals surface area (Å²) in [6, 6.07) is 21.0. The first-order chi connectivity index (χ1) is 13.7. The van der Waals surface area contributed by atoms with Gasteiger partial charge in [0.1, 0.15) is 40.7 Å². The maximum atomic E-state index is 9.58. The minimum absolute atomic E-state index is 0.101. The zero-order valence-electron chi connectivity index (χ0n) is 15.3. The van der Waals surface area contributed by atoms with E-state index in [4.69, 9.17) is 18.9 Å². The summed E-state index contributed by atoms with van der Waals surface area (Å²) >= 11 is 0. The van der Waals surface area contributed by atoms with Crippen LogP contribution in [0.4, 0.5) is 0 Å². The van der Waals surface area contributed by atoms with E-state index in [1.807, 2.05) is 12.1 Å². The second kappa shape index (κ2) is 8.48. The van der Waals surface area contributed by atoms with Gasteiger partial charge in [0.15, 0.2) is 11.5 Å². The van der Waals surface area contributed by atoms with E-state index in [-0.39, 0.29) is 16.9 Å². The van der Waals surface area contributed by atoms with Crippen LogP contribution in [0.5, 0.6) is 34.5 Å². The Morgan fingerprint density at radius 2 is 1.11 bits per heavy atom. The molecular formula is C22H16N2O4. The molecule has 6 nitrogen and oxygen atoms in total. The molecule has 0 aliphatic heterocycles. The van der Waals surface area contributed by atoms with Gasteiger partial charge in [-0.2, -0.15) is 10.5 Å². The highest BCUT2D eigenvalue weighted by atomic mass is 16.5. The second-order valence-electron chi connectivity index (χ2n) is 5.59. The number of nitriles is 2. The van der Waals surface area contributed by atoms with Gasteiger partial charge < -0.3 is 18.9 Å². The van der Waals surface area contributed by atoms with Gasteiger partial charge in [0.05, 0.1) is 19.8 Å². The van der Waals surface area contributed by atoms with Crippen molar-refractivity contribution >= 4 is 0 Å². The lowest BCUT2D eigenvalue weighted by Gasteiger charge is -2.15. The van der Waals surface area contributed by atoms with Crippen molar-refractivity contribution in [3.8, 4) is 46.6 Å². The number of nitrogens with zero attached hydrogens (tertiary/aromatic N) is 2. The van der Waals surface area contributed by atoms with Gasteiger partial charge in [-0.1, -0.05) is 0 Å². The summed E-state index contributed by atoms with van der Waals surface area (Å²) in [5, 5.41) is 18.9. The molecule has 0 unspecified atom stereocenters. The summed E-state index contributed by atoms with van der Waals surface area (Å²) in [7, 11) is 3.15. The largest absolute Gasteiger partial charge is 0.497 e. The highest BCUT2D eigenvalue weighted by Crippen LogP contribution is 2.39. The smallest absolute Gasteiger partial charge is 0.189 e. The van der Waals surface area contributed by atoms with Gasteiger partial charge in [-0.3, -0.25) is 0 Å². The van der Waals surface area contributed by atoms with Crippen LogP contribution in [-0.4, -0.2) is 14.2 Å². The molecule has 0 aromatic heterocycles. The predicted molar refractivity (Wildman–Crippen MR) is 102 cm³/mol. The van der Waals surface area contributed by atoms with E-state index in [9.17, 15) is 10.5 Å². The van der Waals surface area contributed by atoms with Crippen LogP contribution in [0, 0.1) is 22.7 Å². The molecule has 3 aromatic carbocycles. The molecule has 0 bridgehead atoms. The van der Waals surface area contributed by atoms with Crippen LogP contribution in [0.25, 0.3) is 0 Å². The molecule has 0 atom stereocenters. The van der Waals surface area contributed by atoms with Gasteiger partial charge in [0, 0.05) is 0 Å². The molecule has 0 aliphatic carbocycles. The molecule has 3 rings (SSSR count). The van der Waals surface area contributed by atoms with E-state index in [1.165, 1.54) is 6.07 Å². The van der Waals surface area contributed by atoms with E-state index >= 15 is 0 Å². The number of hydrogen-bond donors (Lipinski definition) is 0. The normalized spacial score (nSPS) is 9.71. The maximum absolute atomic E-state index is 9.58. The molecule has 0 spiro atoms. The molecular weight excluding hydrogens is 356 g/mol. The van der Waals surface area contributed by atoms with Crippen LogP contribution in [0.2, 0.25) is 0 Å². The summed E-state index contributed by atoms with van der Waals surface area (Å²) in [5.74, 6) is 2.87. The molecule has 0 radical (unpaired) electrons. The van der Waals surface area contributed by atoms with Gasteiger partial charge in [-0.25, -0.2) is 0 Å². The molecule has 6 heteroatoms. The van der Waals surface area contributed by atoms with Crippen LogP contribution in [0.3, 0.4) is 0 Å². The van der Waals surface area contributed by atoms with Crippen molar-refractivity contribution in [2.75, 3.05) is 14.2 Å². The minimum Gasteiger partial charge on any atom is -0.497 e. The lowest BCUT2D eigenvalue weighted by Crippen LogP contribution is -1.96. The Balaban J connectivity index is 2.00. The third kappa shape index (κ3) is 3.98. The van der Waals surface area contributed by atoms with Crippen molar-refractivity contribution in [3.05, 3.63) is 71.8 Å². The van der Waals surface area contributed by atoms with Crippen LogP contribution < -0.4 is 18.9 Å². The van der Waals surface area contributed by atoms with Crippen molar-refractivity contribution in [3.63, 3.8) is 0 Å². The number of rotatable bonds is 6. The molecule has 3 aromatic rings. The lowest BCUT2D eigenvalue weighted by atomic mass is 10.1. The van der Waals surface area contributed by atoms with Gasteiger partial charge >= 0.3 is 0 Å². The third-order valence-corrected chi connectivity index (χ3v) is 3.92. The zero-order valence-corrected chi connectivity index (χ0v) is 15.3. The molecule has 0 saturated carbocycles.